The normalized spacial score (nSPS) is 17.2. The van der Waals surface area contributed by atoms with Crippen LogP contribution in [0.4, 0.5) is 10.8 Å². The lowest BCUT2D eigenvalue weighted by molar-refractivity contribution is -0.122. The second kappa shape index (κ2) is 9.11. The molecule has 2 N–H and O–H groups in total. The van der Waals surface area contributed by atoms with Gasteiger partial charge in [0.05, 0.1) is 6.54 Å². The number of carbonyl (C=O) groups is 2. The third-order valence-corrected chi connectivity index (χ3v) is 6.14. The zero-order valence-electron chi connectivity index (χ0n) is 16.1. The lowest BCUT2D eigenvalue weighted by Gasteiger charge is -2.33. The number of thiazole rings is 1. The number of aromatic nitrogens is 1. The molecule has 9 heteroatoms. The van der Waals surface area contributed by atoms with Crippen LogP contribution < -0.4 is 10.6 Å². The summed E-state index contributed by atoms with van der Waals surface area (Å²) in [6, 6.07) is 7.33. The highest BCUT2D eigenvalue weighted by Crippen LogP contribution is 2.27. The van der Waals surface area contributed by atoms with E-state index < -0.39 is 0 Å². The van der Waals surface area contributed by atoms with Crippen LogP contribution in [0, 0.1) is 5.92 Å². The first-order chi connectivity index (χ1) is 14.1. The Labute approximate surface area is 179 Å². The average molecular weight is 434 g/mol. The number of piperazine rings is 1. The maximum atomic E-state index is 12.8. The van der Waals surface area contributed by atoms with E-state index >= 15 is 0 Å². The highest BCUT2D eigenvalue weighted by molar-refractivity contribution is 7.14. The molecule has 0 radical (unpaired) electrons. The average Bonchev–Trinajstić information content (AvgIpc) is 3.45. The van der Waals surface area contributed by atoms with Gasteiger partial charge in [0.2, 0.25) is 5.91 Å². The number of nitrogens with zero attached hydrogens (tertiary/aromatic N) is 3. The molecule has 0 atom stereocenters. The quantitative estimate of drug-likeness (QED) is 0.702. The zero-order valence-corrected chi connectivity index (χ0v) is 17.6. The number of halogens is 1. The van der Waals surface area contributed by atoms with E-state index in [1.807, 2.05) is 12.1 Å². The topological polar surface area (TPSA) is 77.6 Å². The summed E-state index contributed by atoms with van der Waals surface area (Å²) >= 11 is 7.29. The van der Waals surface area contributed by atoms with Crippen LogP contribution in [0.3, 0.4) is 0 Å². The Kier molecular flexibility index (Phi) is 6.32. The van der Waals surface area contributed by atoms with Gasteiger partial charge in [0.15, 0.2) is 5.13 Å². The van der Waals surface area contributed by atoms with Crippen LogP contribution >= 0.6 is 22.9 Å². The van der Waals surface area contributed by atoms with Gasteiger partial charge in [-0.1, -0.05) is 11.6 Å². The Hall–Kier alpha value is -2.16. The lowest BCUT2D eigenvalue weighted by Crippen LogP contribution is -2.51. The van der Waals surface area contributed by atoms with Crippen LogP contribution in [0.5, 0.6) is 0 Å². The highest BCUT2D eigenvalue weighted by atomic mass is 35.5. The van der Waals surface area contributed by atoms with Gasteiger partial charge >= 0.3 is 0 Å². The molecule has 0 unspecified atom stereocenters. The van der Waals surface area contributed by atoms with Crippen molar-refractivity contribution in [2.45, 2.75) is 12.8 Å². The Morgan fingerprint density at radius 1 is 1.14 bits per heavy atom. The first kappa shape index (κ1) is 20.1. The van der Waals surface area contributed by atoms with Crippen LogP contribution in [0.2, 0.25) is 5.02 Å². The van der Waals surface area contributed by atoms with E-state index in [4.69, 9.17) is 11.6 Å². The number of carbonyl (C=O) groups excluding carboxylic acids is 2. The molecular formula is C20H24ClN5O2S. The first-order valence-corrected chi connectivity index (χ1v) is 11.1. The summed E-state index contributed by atoms with van der Waals surface area (Å²) in [6.07, 6.45) is 2.46. The molecule has 2 aliphatic rings. The number of rotatable bonds is 7. The fraction of sp³-hybridized carbons (Fsp3) is 0.450. The van der Waals surface area contributed by atoms with Crippen molar-refractivity contribution in [3.8, 4) is 0 Å². The minimum Gasteiger partial charge on any atom is -0.355 e. The third kappa shape index (κ3) is 5.68. The van der Waals surface area contributed by atoms with Gasteiger partial charge in [0.25, 0.3) is 5.91 Å². The molecule has 154 valence electrons. The van der Waals surface area contributed by atoms with Crippen molar-refractivity contribution < 1.29 is 9.59 Å². The minimum atomic E-state index is -0.0664. The zero-order chi connectivity index (χ0) is 20.2. The fourth-order valence-corrected chi connectivity index (χ4v) is 4.03. The molecule has 2 heterocycles. The summed E-state index contributed by atoms with van der Waals surface area (Å²) in [5, 5.41) is 9.30. The lowest BCUT2D eigenvalue weighted by atomic mass is 10.3. The van der Waals surface area contributed by atoms with Gasteiger partial charge in [-0.3, -0.25) is 14.5 Å². The molecule has 2 amide bonds. The van der Waals surface area contributed by atoms with Gasteiger partial charge in [-0.25, -0.2) is 4.98 Å². The molecule has 29 heavy (non-hydrogen) atoms. The molecule has 1 aromatic heterocycles. The first-order valence-electron chi connectivity index (χ1n) is 9.83. The van der Waals surface area contributed by atoms with Gasteiger partial charge in [-0.2, -0.15) is 0 Å². The molecule has 0 spiro atoms. The van der Waals surface area contributed by atoms with Crippen molar-refractivity contribution in [1.82, 2.24) is 20.1 Å². The predicted molar refractivity (Wildman–Crippen MR) is 115 cm³/mol. The van der Waals surface area contributed by atoms with Crippen molar-refractivity contribution in [2.24, 2.45) is 5.92 Å². The number of hydrogen-bond donors (Lipinski definition) is 2. The fourth-order valence-electron chi connectivity index (χ4n) is 3.20. The van der Waals surface area contributed by atoms with Crippen LogP contribution in [-0.2, 0) is 4.79 Å². The Morgan fingerprint density at radius 3 is 2.55 bits per heavy atom. The monoisotopic (exact) mass is 433 g/mol. The van der Waals surface area contributed by atoms with E-state index in [2.05, 4.69) is 20.5 Å². The summed E-state index contributed by atoms with van der Waals surface area (Å²) in [6.45, 7) is 3.80. The van der Waals surface area contributed by atoms with Gasteiger partial charge in [-0.15, -0.1) is 11.3 Å². The van der Waals surface area contributed by atoms with E-state index in [0.29, 0.717) is 54.5 Å². The number of hydrogen-bond acceptors (Lipinski definition) is 6. The maximum Gasteiger partial charge on any atom is 0.273 e. The summed E-state index contributed by atoms with van der Waals surface area (Å²) < 4.78 is 0. The minimum absolute atomic E-state index is 0.0664. The van der Waals surface area contributed by atoms with Crippen LogP contribution in [0.25, 0.3) is 0 Å². The molecule has 1 saturated carbocycles. The summed E-state index contributed by atoms with van der Waals surface area (Å²) in [5.41, 5.74) is 1.32. The van der Waals surface area contributed by atoms with Crippen molar-refractivity contribution >= 4 is 45.6 Å². The number of nitrogens with one attached hydrogen (secondary N) is 2. The van der Waals surface area contributed by atoms with E-state index in [9.17, 15) is 9.59 Å². The largest absolute Gasteiger partial charge is 0.355 e. The van der Waals surface area contributed by atoms with Crippen LogP contribution in [0.1, 0.15) is 23.3 Å². The smallest absolute Gasteiger partial charge is 0.273 e. The molecule has 1 aliphatic heterocycles. The second-order valence-electron chi connectivity index (χ2n) is 7.49. The van der Waals surface area contributed by atoms with E-state index in [-0.39, 0.29) is 11.8 Å². The van der Waals surface area contributed by atoms with Crippen LogP contribution in [-0.4, -0.2) is 65.9 Å². The molecule has 1 aromatic carbocycles. The molecule has 2 aromatic rings. The maximum absolute atomic E-state index is 12.8. The highest BCUT2D eigenvalue weighted by Gasteiger charge is 2.26. The summed E-state index contributed by atoms with van der Waals surface area (Å²) in [7, 11) is 0. The number of benzene rings is 1. The van der Waals surface area contributed by atoms with Gasteiger partial charge in [0.1, 0.15) is 5.69 Å². The third-order valence-electron chi connectivity index (χ3n) is 5.13. The van der Waals surface area contributed by atoms with Gasteiger partial charge < -0.3 is 15.5 Å². The molecule has 4 rings (SSSR count). The molecule has 2 fully saturated rings. The molecule has 7 nitrogen and oxygen atoms in total. The van der Waals surface area contributed by atoms with Crippen molar-refractivity contribution in [3.05, 3.63) is 40.4 Å². The van der Waals surface area contributed by atoms with Crippen LogP contribution in [0.15, 0.2) is 29.6 Å². The van der Waals surface area contributed by atoms with E-state index in [0.717, 1.165) is 12.2 Å². The molecule has 1 aliphatic carbocycles. The number of amides is 2. The summed E-state index contributed by atoms with van der Waals surface area (Å²) in [4.78, 5) is 33.1. The van der Waals surface area contributed by atoms with Gasteiger partial charge in [-0.05, 0) is 43.0 Å². The molecule has 1 saturated heterocycles. The Morgan fingerprint density at radius 2 is 1.86 bits per heavy atom. The molecular weight excluding hydrogens is 410 g/mol. The summed E-state index contributed by atoms with van der Waals surface area (Å²) in [5.74, 6) is 0.697. The number of anilines is 2. The second-order valence-corrected chi connectivity index (χ2v) is 8.78. The van der Waals surface area contributed by atoms with Crippen molar-refractivity contribution in [2.75, 3.05) is 44.6 Å². The van der Waals surface area contributed by atoms with Gasteiger partial charge in [0, 0.05) is 48.8 Å². The van der Waals surface area contributed by atoms with Crippen molar-refractivity contribution in [3.63, 3.8) is 0 Å². The van der Waals surface area contributed by atoms with E-state index in [1.54, 1.807) is 22.4 Å². The Balaban J connectivity index is 1.24. The van der Waals surface area contributed by atoms with Crippen molar-refractivity contribution in [1.29, 1.82) is 0 Å². The standard InChI is InChI=1S/C20H24ClN5O2S/c21-15-3-5-16(6-4-15)23-20-24-17(13-29-20)19(28)26-9-7-25(8-10-26)12-18(27)22-11-14-1-2-14/h3-6,13-14H,1-2,7-12H2,(H,22,27)(H,23,24). The predicted octanol–water partition coefficient (Wildman–Crippen LogP) is 2.82. The van der Waals surface area contributed by atoms with E-state index in [1.165, 1.54) is 24.2 Å². The Bertz CT molecular complexity index is 860. The SMILES string of the molecule is O=C(CN1CCN(C(=O)c2csc(Nc3ccc(Cl)cc3)n2)CC1)NCC1CC1. The molecule has 0 bridgehead atoms.